The van der Waals surface area contributed by atoms with Gasteiger partial charge in [-0.1, -0.05) is 11.6 Å². The fourth-order valence-corrected chi connectivity index (χ4v) is 2.22. The van der Waals surface area contributed by atoms with Crippen molar-refractivity contribution in [1.82, 2.24) is 0 Å². The normalized spacial score (nSPS) is 17.4. The number of nitriles is 1. The average Bonchev–Trinajstić information content (AvgIpc) is 2.20. The Morgan fingerprint density at radius 2 is 2.12 bits per heavy atom. The van der Waals surface area contributed by atoms with Gasteiger partial charge in [-0.05, 0) is 37.5 Å². The summed E-state index contributed by atoms with van der Waals surface area (Å²) < 4.78 is 29.0. The zero-order chi connectivity index (χ0) is 12.5. The largest absolute Gasteiger partial charge is 0.434 e. The molecule has 1 aromatic carbocycles. The van der Waals surface area contributed by atoms with Crippen molar-refractivity contribution in [2.24, 2.45) is 0 Å². The molecule has 0 N–H and O–H groups in total. The van der Waals surface area contributed by atoms with Crippen LogP contribution in [0.4, 0.5) is 8.78 Å². The van der Waals surface area contributed by atoms with Crippen LogP contribution in [0.1, 0.15) is 24.8 Å². The predicted molar refractivity (Wildman–Crippen MR) is 59.2 cm³/mol. The van der Waals surface area contributed by atoms with Gasteiger partial charge < -0.3 is 4.74 Å². The number of ether oxygens (including phenoxy) is 1. The first-order valence-corrected chi connectivity index (χ1v) is 5.61. The molecule has 1 aromatic rings. The van der Waals surface area contributed by atoms with E-state index in [-0.39, 0.29) is 5.75 Å². The number of alkyl halides is 2. The lowest BCUT2D eigenvalue weighted by atomic mass is 9.65. The van der Waals surface area contributed by atoms with Gasteiger partial charge in [0.2, 0.25) is 0 Å². The minimum atomic E-state index is -2.90. The minimum Gasteiger partial charge on any atom is -0.434 e. The number of nitrogens with zero attached hydrogens (tertiary/aromatic N) is 1. The highest BCUT2D eigenvalue weighted by Crippen LogP contribution is 2.47. The molecule has 2 nitrogen and oxygen atoms in total. The van der Waals surface area contributed by atoms with Crippen molar-refractivity contribution in [3.8, 4) is 11.8 Å². The molecule has 1 saturated carbocycles. The van der Waals surface area contributed by atoms with E-state index in [9.17, 15) is 14.0 Å². The van der Waals surface area contributed by atoms with Crippen LogP contribution in [0.2, 0.25) is 5.02 Å². The predicted octanol–water partition coefficient (Wildman–Crippen LogP) is 3.89. The second-order valence-electron chi connectivity index (χ2n) is 4.07. The third-order valence-corrected chi connectivity index (χ3v) is 3.33. The Morgan fingerprint density at radius 3 is 2.59 bits per heavy atom. The molecule has 0 unspecified atom stereocenters. The summed E-state index contributed by atoms with van der Waals surface area (Å²) >= 11 is 5.84. The lowest BCUT2D eigenvalue weighted by Crippen LogP contribution is -2.33. The molecule has 1 aliphatic carbocycles. The Labute approximate surface area is 103 Å². The summed E-state index contributed by atoms with van der Waals surface area (Å²) in [6, 6.07) is 6.60. The molecule has 0 atom stereocenters. The quantitative estimate of drug-likeness (QED) is 0.823. The molecule has 5 heteroatoms. The van der Waals surface area contributed by atoms with Crippen LogP contribution < -0.4 is 4.74 Å². The molecule has 0 bridgehead atoms. The zero-order valence-corrected chi connectivity index (χ0v) is 9.68. The second-order valence-corrected chi connectivity index (χ2v) is 4.50. The summed E-state index contributed by atoms with van der Waals surface area (Å²) in [6.45, 7) is -2.90. The fourth-order valence-electron chi connectivity index (χ4n) is 2.05. The molecule has 0 aromatic heterocycles. The SMILES string of the molecule is N#CC1(c2cc(Cl)ccc2OC(F)F)CCC1. The summed E-state index contributed by atoms with van der Waals surface area (Å²) in [7, 11) is 0. The third kappa shape index (κ3) is 2.20. The smallest absolute Gasteiger partial charge is 0.387 e. The van der Waals surface area contributed by atoms with Crippen molar-refractivity contribution < 1.29 is 13.5 Å². The first-order chi connectivity index (χ1) is 8.07. The van der Waals surface area contributed by atoms with Gasteiger partial charge in [0, 0.05) is 10.6 Å². The molecule has 0 radical (unpaired) electrons. The highest BCUT2D eigenvalue weighted by Gasteiger charge is 2.41. The van der Waals surface area contributed by atoms with E-state index in [1.807, 2.05) is 0 Å². The number of rotatable bonds is 3. The Bertz CT molecular complexity index is 466. The van der Waals surface area contributed by atoms with E-state index in [1.54, 1.807) is 6.07 Å². The van der Waals surface area contributed by atoms with E-state index in [4.69, 9.17) is 11.6 Å². The highest BCUT2D eigenvalue weighted by atomic mass is 35.5. The third-order valence-electron chi connectivity index (χ3n) is 3.09. The Balaban J connectivity index is 2.43. The van der Waals surface area contributed by atoms with Gasteiger partial charge in [0.05, 0.1) is 11.5 Å². The van der Waals surface area contributed by atoms with Crippen LogP contribution in [0.25, 0.3) is 0 Å². The number of benzene rings is 1. The Hall–Kier alpha value is -1.34. The zero-order valence-electron chi connectivity index (χ0n) is 8.92. The minimum absolute atomic E-state index is 0.0469. The fraction of sp³-hybridized carbons (Fsp3) is 0.417. The van der Waals surface area contributed by atoms with E-state index in [2.05, 4.69) is 10.8 Å². The molecule has 0 heterocycles. The van der Waals surface area contributed by atoms with Crippen LogP contribution in [0.5, 0.6) is 5.75 Å². The highest BCUT2D eigenvalue weighted by molar-refractivity contribution is 6.30. The molecule has 17 heavy (non-hydrogen) atoms. The first kappa shape index (κ1) is 12.1. The standard InChI is InChI=1S/C12H10ClF2NO/c13-8-2-3-10(17-11(14)15)9(6-8)12(7-16)4-1-5-12/h2-3,6,11H,1,4-5H2. The maximum Gasteiger partial charge on any atom is 0.387 e. The van der Waals surface area contributed by atoms with Gasteiger partial charge in [0.15, 0.2) is 0 Å². The van der Waals surface area contributed by atoms with Crippen molar-refractivity contribution in [3.63, 3.8) is 0 Å². The maximum atomic E-state index is 12.3. The lowest BCUT2D eigenvalue weighted by molar-refractivity contribution is -0.0511. The Morgan fingerprint density at radius 1 is 1.41 bits per heavy atom. The van der Waals surface area contributed by atoms with Crippen molar-refractivity contribution in [2.75, 3.05) is 0 Å². The van der Waals surface area contributed by atoms with Crippen LogP contribution in [0.3, 0.4) is 0 Å². The topological polar surface area (TPSA) is 33.0 Å². The van der Waals surface area contributed by atoms with Crippen molar-refractivity contribution in [3.05, 3.63) is 28.8 Å². The summed E-state index contributed by atoms with van der Waals surface area (Å²) in [4.78, 5) is 0. The van der Waals surface area contributed by atoms with Crippen LogP contribution in [0.15, 0.2) is 18.2 Å². The molecule has 0 amide bonds. The van der Waals surface area contributed by atoms with Gasteiger partial charge in [0.1, 0.15) is 5.75 Å². The van der Waals surface area contributed by atoms with E-state index in [0.717, 1.165) is 6.42 Å². The summed E-state index contributed by atoms with van der Waals surface area (Å²) in [5, 5.41) is 9.62. The summed E-state index contributed by atoms with van der Waals surface area (Å²) in [5.74, 6) is 0.0469. The van der Waals surface area contributed by atoms with Crippen LogP contribution in [0, 0.1) is 11.3 Å². The van der Waals surface area contributed by atoms with Crippen molar-refractivity contribution in [2.45, 2.75) is 31.3 Å². The second kappa shape index (κ2) is 4.50. The monoisotopic (exact) mass is 257 g/mol. The molecular formula is C12H10ClF2NO. The van der Waals surface area contributed by atoms with Gasteiger partial charge in [-0.15, -0.1) is 0 Å². The van der Waals surface area contributed by atoms with Crippen molar-refractivity contribution in [1.29, 1.82) is 5.26 Å². The van der Waals surface area contributed by atoms with Gasteiger partial charge in [-0.25, -0.2) is 0 Å². The van der Waals surface area contributed by atoms with Crippen LogP contribution >= 0.6 is 11.6 Å². The van der Waals surface area contributed by atoms with Gasteiger partial charge in [0.25, 0.3) is 0 Å². The van der Waals surface area contributed by atoms with E-state index >= 15 is 0 Å². The van der Waals surface area contributed by atoms with Crippen LogP contribution in [-0.2, 0) is 5.41 Å². The molecule has 1 fully saturated rings. The molecule has 0 spiro atoms. The van der Waals surface area contributed by atoms with Gasteiger partial charge in [-0.3, -0.25) is 0 Å². The average molecular weight is 258 g/mol. The molecular weight excluding hydrogens is 248 g/mol. The molecule has 90 valence electrons. The van der Waals surface area contributed by atoms with E-state index in [1.165, 1.54) is 12.1 Å². The number of hydrogen-bond donors (Lipinski definition) is 0. The number of hydrogen-bond acceptors (Lipinski definition) is 2. The Kier molecular flexibility index (Phi) is 3.21. The van der Waals surface area contributed by atoms with Crippen LogP contribution in [-0.4, -0.2) is 6.61 Å². The molecule has 0 aliphatic heterocycles. The van der Waals surface area contributed by atoms with E-state index < -0.39 is 12.0 Å². The molecule has 2 rings (SSSR count). The van der Waals surface area contributed by atoms with Gasteiger partial charge >= 0.3 is 6.61 Å². The molecule has 0 saturated heterocycles. The lowest BCUT2D eigenvalue weighted by Gasteiger charge is -2.36. The number of halogens is 3. The molecule has 1 aliphatic rings. The van der Waals surface area contributed by atoms with Gasteiger partial charge in [-0.2, -0.15) is 14.0 Å². The van der Waals surface area contributed by atoms with Crippen molar-refractivity contribution >= 4 is 11.6 Å². The first-order valence-electron chi connectivity index (χ1n) is 5.23. The summed E-state index contributed by atoms with van der Waals surface area (Å²) in [5.41, 5.74) is -0.242. The summed E-state index contributed by atoms with van der Waals surface area (Å²) in [6.07, 6.45) is 2.22. The maximum absolute atomic E-state index is 12.3. The van der Waals surface area contributed by atoms with E-state index in [0.29, 0.717) is 23.4 Å².